The van der Waals surface area contributed by atoms with Crippen molar-refractivity contribution in [2.45, 2.75) is 26.2 Å². The van der Waals surface area contributed by atoms with E-state index in [0.717, 1.165) is 12.8 Å². The van der Waals surface area contributed by atoms with Crippen molar-refractivity contribution in [3.05, 3.63) is 29.8 Å². The Morgan fingerprint density at radius 2 is 2.19 bits per heavy atom. The molecule has 1 aromatic rings. The molecule has 0 amide bonds. The van der Waals surface area contributed by atoms with Crippen molar-refractivity contribution >= 4 is 10.1 Å². The largest absolute Gasteiger partial charge is 1.00 e. The van der Waals surface area contributed by atoms with Crippen LogP contribution in [0.5, 0.6) is 0 Å². The van der Waals surface area contributed by atoms with Crippen LogP contribution in [0.15, 0.2) is 24.3 Å². The van der Waals surface area contributed by atoms with Gasteiger partial charge >= 0.3 is 101 Å². The van der Waals surface area contributed by atoms with Gasteiger partial charge in [0.05, 0.1) is 0 Å². The molecule has 0 unspecified atom stereocenters. The first kappa shape index (κ1) is 15.6. The molecular weight excluding hydrogens is 277 g/mol. The topological polar surface area (TPSA) is 26.3 Å². The fourth-order valence-corrected chi connectivity index (χ4v) is 2.29. The molecule has 0 saturated carbocycles. The molecule has 0 spiro atoms. The van der Waals surface area contributed by atoms with Crippen LogP contribution in [0.2, 0.25) is 0 Å². The summed E-state index contributed by atoms with van der Waals surface area (Å²) < 4.78 is 6.26. The van der Waals surface area contributed by atoms with Crippen LogP contribution in [-0.4, -0.2) is 12.6 Å². The summed E-state index contributed by atoms with van der Waals surface area (Å²) in [5, 5.41) is 0. The summed E-state index contributed by atoms with van der Waals surface area (Å²) >= 11 is 1.19. The van der Waals surface area contributed by atoms with E-state index in [1.54, 1.807) is 0 Å². The van der Waals surface area contributed by atoms with Crippen molar-refractivity contribution in [1.29, 1.82) is 0 Å². The molecule has 0 saturated heterocycles. The number of rotatable bonds is 5. The average Bonchev–Trinajstić information content (AvgIpc) is 2.18. The summed E-state index contributed by atoms with van der Waals surface area (Å²) in [5.74, 6) is -0.0846. The van der Waals surface area contributed by atoms with Gasteiger partial charge in [-0.2, -0.15) is 0 Å². The Kier molecular flexibility index (Phi) is 8.50. The van der Waals surface area contributed by atoms with Crippen molar-refractivity contribution < 1.29 is 40.2 Å². The molecule has 0 aromatic heterocycles. The molecular formula is C12H15ClO2Zn. The van der Waals surface area contributed by atoms with Gasteiger partial charge in [0, 0.05) is 0 Å². The van der Waals surface area contributed by atoms with Gasteiger partial charge in [-0.25, -0.2) is 0 Å². The van der Waals surface area contributed by atoms with Gasteiger partial charge < -0.3 is 12.4 Å². The Morgan fingerprint density at radius 3 is 2.81 bits per heavy atom. The zero-order chi connectivity index (χ0) is 11.1. The van der Waals surface area contributed by atoms with Gasteiger partial charge in [0.1, 0.15) is 0 Å². The van der Waals surface area contributed by atoms with E-state index in [2.05, 4.69) is 24.3 Å². The predicted molar refractivity (Wildman–Crippen MR) is 55.6 cm³/mol. The molecule has 1 aromatic carbocycles. The number of carbonyl (C=O) groups excluding carboxylic acids is 1. The maximum atomic E-state index is 11.1. The molecule has 0 heterocycles. The Balaban J connectivity index is 0.00000225. The first-order valence-corrected chi connectivity index (χ1v) is 6.77. The second-order valence-electron chi connectivity index (χ2n) is 3.48. The molecule has 0 radical (unpaired) electrons. The smallest absolute Gasteiger partial charge is 1.00 e. The molecule has 0 aliphatic carbocycles. The monoisotopic (exact) mass is 290 g/mol. The molecule has 4 heteroatoms. The number of halogens is 1. The summed E-state index contributed by atoms with van der Waals surface area (Å²) in [5.41, 5.74) is 1.32. The van der Waals surface area contributed by atoms with Crippen molar-refractivity contribution in [2.24, 2.45) is 0 Å². The standard InChI is InChI=1S/C12H15O2.ClH.Zn/c1-2-14-12(13)10-6-9-11-7-4-3-5-8-11;;/h3-4,7-8H,2,6,9-10H2,1H3;1H;/q;;+1/p-1. The van der Waals surface area contributed by atoms with Gasteiger partial charge in [0.2, 0.25) is 0 Å². The number of esters is 1. The van der Waals surface area contributed by atoms with Crippen LogP contribution in [-0.2, 0) is 34.3 Å². The van der Waals surface area contributed by atoms with Crippen LogP contribution >= 0.6 is 0 Å². The zero-order valence-corrected chi connectivity index (χ0v) is 13.3. The van der Waals surface area contributed by atoms with Crippen LogP contribution in [0.4, 0.5) is 0 Å². The summed E-state index contributed by atoms with van der Waals surface area (Å²) in [6, 6.07) is 8.54. The third-order valence-electron chi connectivity index (χ3n) is 2.14. The van der Waals surface area contributed by atoms with Gasteiger partial charge in [0.25, 0.3) is 0 Å². The van der Waals surface area contributed by atoms with Crippen LogP contribution < -0.4 is 16.6 Å². The van der Waals surface area contributed by atoms with E-state index in [1.165, 1.54) is 28.0 Å². The van der Waals surface area contributed by atoms with E-state index in [4.69, 9.17) is 4.74 Å². The SMILES string of the molecule is CCOC(=O)CCCc1ccc[c]([Zn+])c1.[Cl-]. The van der Waals surface area contributed by atoms with Crippen LogP contribution in [0.25, 0.3) is 0 Å². The predicted octanol–water partition coefficient (Wildman–Crippen LogP) is -1.25. The van der Waals surface area contributed by atoms with Crippen molar-refractivity contribution in [3.8, 4) is 0 Å². The minimum absolute atomic E-state index is 0. The Hall–Kier alpha value is -0.397. The fourth-order valence-electron chi connectivity index (χ4n) is 1.46. The van der Waals surface area contributed by atoms with E-state index in [0.29, 0.717) is 13.0 Å². The second kappa shape index (κ2) is 8.72. The van der Waals surface area contributed by atoms with Gasteiger partial charge in [-0.15, -0.1) is 0 Å². The Bertz CT molecular complexity index is 329. The average molecular weight is 292 g/mol. The Morgan fingerprint density at radius 1 is 1.44 bits per heavy atom. The van der Waals surface area contributed by atoms with E-state index >= 15 is 0 Å². The quantitative estimate of drug-likeness (QED) is 0.501. The van der Waals surface area contributed by atoms with E-state index < -0.39 is 0 Å². The third-order valence-corrected chi connectivity index (χ3v) is 3.07. The van der Waals surface area contributed by atoms with Gasteiger partial charge in [-0.05, 0) is 0 Å². The number of benzene rings is 1. The molecule has 0 aliphatic rings. The van der Waals surface area contributed by atoms with Crippen molar-refractivity contribution in [1.82, 2.24) is 0 Å². The van der Waals surface area contributed by atoms with Crippen LogP contribution in [0.1, 0.15) is 25.3 Å². The van der Waals surface area contributed by atoms with Gasteiger partial charge in [-0.3, -0.25) is 0 Å². The van der Waals surface area contributed by atoms with Gasteiger partial charge in [0.15, 0.2) is 0 Å². The minimum Gasteiger partial charge on any atom is -1.00 e. The summed E-state index contributed by atoms with van der Waals surface area (Å²) in [6.45, 7) is 2.32. The zero-order valence-electron chi connectivity index (χ0n) is 9.54. The molecule has 0 atom stereocenters. The summed E-state index contributed by atoms with van der Waals surface area (Å²) in [7, 11) is 0. The maximum Gasteiger partial charge on any atom is -1.00 e. The normalized spacial score (nSPS) is 9.44. The maximum absolute atomic E-state index is 11.1. The van der Waals surface area contributed by atoms with E-state index in [9.17, 15) is 4.79 Å². The first-order chi connectivity index (χ1) is 7.22. The molecule has 0 bridgehead atoms. The molecule has 0 aliphatic heterocycles. The number of aryl methyl sites for hydroxylation is 1. The number of hydrogen-bond donors (Lipinski definition) is 0. The van der Waals surface area contributed by atoms with Crippen molar-refractivity contribution in [2.75, 3.05) is 6.61 Å². The van der Waals surface area contributed by atoms with Gasteiger partial charge in [-0.1, -0.05) is 0 Å². The molecule has 84 valence electrons. The molecule has 0 N–H and O–H groups in total. The summed E-state index contributed by atoms with van der Waals surface area (Å²) in [6.07, 6.45) is 2.37. The molecule has 16 heavy (non-hydrogen) atoms. The van der Waals surface area contributed by atoms with Crippen molar-refractivity contribution in [3.63, 3.8) is 0 Å². The number of carbonyl (C=O) groups is 1. The van der Waals surface area contributed by atoms with Crippen LogP contribution in [0, 0.1) is 0 Å². The van der Waals surface area contributed by atoms with Crippen LogP contribution in [0.3, 0.4) is 0 Å². The minimum atomic E-state index is -0.0846. The molecule has 0 fully saturated rings. The fraction of sp³-hybridized carbons (Fsp3) is 0.417. The Labute approximate surface area is 113 Å². The summed E-state index contributed by atoms with van der Waals surface area (Å²) in [4.78, 5) is 11.1. The number of hydrogen-bond acceptors (Lipinski definition) is 2. The molecule has 1 rings (SSSR count). The third kappa shape index (κ3) is 6.24. The second-order valence-corrected chi connectivity index (χ2v) is 5.19. The molecule has 2 nitrogen and oxygen atoms in total. The first-order valence-electron chi connectivity index (χ1n) is 5.29. The number of ether oxygens (including phenoxy) is 1. The van der Waals surface area contributed by atoms with E-state index in [1.807, 2.05) is 6.92 Å². The van der Waals surface area contributed by atoms with E-state index in [-0.39, 0.29) is 18.4 Å².